The molecule has 0 fully saturated rings. The van der Waals surface area contributed by atoms with Crippen LogP contribution in [0.5, 0.6) is 0 Å². The van der Waals surface area contributed by atoms with E-state index in [0.29, 0.717) is 0 Å². The van der Waals surface area contributed by atoms with Crippen molar-refractivity contribution < 1.29 is 24.8 Å². The summed E-state index contributed by atoms with van der Waals surface area (Å²) in [6, 6.07) is -5.78. The van der Waals surface area contributed by atoms with Crippen LogP contribution in [0.4, 0.5) is 11.4 Å². The molecule has 0 aliphatic heterocycles. The average molecular weight is 324 g/mol. The van der Waals surface area contributed by atoms with Crippen molar-refractivity contribution in [3.8, 4) is 0 Å². The molecule has 2 N–H and O–H groups in total. The third kappa shape index (κ3) is 4.26. The molecule has 2 aromatic carbocycles. The lowest BCUT2D eigenvalue weighted by atomic mass is 10.3. The van der Waals surface area contributed by atoms with Gasteiger partial charge in [-0.05, 0) is 48.3 Å². The molecule has 0 aromatic heterocycles. The normalized spacial score (nSPS) is 15.4. The van der Waals surface area contributed by atoms with Gasteiger partial charge < -0.3 is 10.6 Å². The van der Waals surface area contributed by atoms with E-state index in [1.807, 2.05) is 0 Å². The Balaban J connectivity index is 2.79. The zero-order valence-corrected chi connectivity index (χ0v) is 12.4. The second kappa shape index (κ2) is 7.00. The third-order valence-corrected chi connectivity index (χ3v) is 3.33. The van der Waals surface area contributed by atoms with Crippen molar-refractivity contribution in [2.75, 3.05) is 10.6 Å². The molecule has 0 aliphatic rings. The summed E-state index contributed by atoms with van der Waals surface area (Å²) in [6.07, 6.45) is 0. The molecule has 114 valence electrons. The van der Waals surface area contributed by atoms with Gasteiger partial charge in [-0.25, -0.2) is 4.21 Å². The Kier molecular flexibility index (Phi) is 2.62. The lowest BCUT2D eigenvalue weighted by Gasteiger charge is -2.06. The number of hydrogen-bond donors (Lipinski definition) is 2. The smallest absolute Gasteiger partial charge is 0.221 e. The summed E-state index contributed by atoms with van der Waals surface area (Å²) in [7, 11) is -2.63. The van der Waals surface area contributed by atoms with Gasteiger partial charge >= 0.3 is 0 Å². The molecule has 0 atom stereocenters. The van der Waals surface area contributed by atoms with E-state index in [2.05, 4.69) is 10.6 Å². The highest BCUT2D eigenvalue weighted by molar-refractivity contribution is 7.85. The molecule has 2 rings (SSSR count). The third-order valence-electron chi connectivity index (χ3n) is 2.18. The quantitative estimate of drug-likeness (QED) is 0.908. The van der Waals surface area contributed by atoms with Gasteiger partial charge in [0.25, 0.3) is 0 Å². The van der Waals surface area contributed by atoms with Crippen LogP contribution < -0.4 is 10.6 Å². The maximum Gasteiger partial charge on any atom is 0.221 e. The van der Waals surface area contributed by atoms with Crippen molar-refractivity contribution in [3.63, 3.8) is 0 Å². The van der Waals surface area contributed by atoms with Crippen LogP contribution in [-0.4, -0.2) is 16.0 Å². The summed E-state index contributed by atoms with van der Waals surface area (Å²) in [6.45, 7) is 2.22. The summed E-state index contributed by atoms with van der Waals surface area (Å²) in [5.74, 6) is -1.28. The van der Waals surface area contributed by atoms with Crippen LogP contribution in [0, 0.1) is 0 Å². The summed E-state index contributed by atoms with van der Waals surface area (Å²) >= 11 is 0. The van der Waals surface area contributed by atoms with E-state index >= 15 is 0 Å². The Morgan fingerprint density at radius 2 is 1.14 bits per heavy atom. The Morgan fingerprint density at radius 1 is 0.818 bits per heavy atom. The van der Waals surface area contributed by atoms with Crippen LogP contribution in [0.3, 0.4) is 0 Å². The summed E-state index contributed by atoms with van der Waals surface area (Å²) in [5, 5.41) is 4.34. The first-order chi connectivity index (χ1) is 13.8. The van der Waals surface area contributed by atoms with E-state index in [-0.39, 0.29) is 0 Å². The zero-order valence-electron chi connectivity index (χ0n) is 19.6. The number of carbonyl (C=O) groups is 2. The Hall–Kier alpha value is -2.47. The van der Waals surface area contributed by atoms with Crippen molar-refractivity contribution >= 4 is 34.0 Å². The molecule has 0 heterocycles. The van der Waals surface area contributed by atoms with Crippen LogP contribution in [0.15, 0.2) is 58.1 Å². The lowest BCUT2D eigenvalue weighted by molar-refractivity contribution is -0.115. The minimum atomic E-state index is -2.63. The van der Waals surface area contributed by atoms with E-state index in [4.69, 9.17) is 11.0 Å². The first-order valence-corrected chi connectivity index (χ1v) is 7.13. The zero-order chi connectivity index (χ0) is 23.1. The molecule has 6 heteroatoms. The average Bonchev–Trinajstić information content (AvgIpc) is 2.65. The number of hydrogen-bond acceptors (Lipinski definition) is 3. The second-order valence-electron chi connectivity index (χ2n) is 4.04. The van der Waals surface area contributed by atoms with Crippen LogP contribution in [-0.2, 0) is 20.4 Å². The lowest BCUT2D eigenvalue weighted by Crippen LogP contribution is -2.06. The van der Waals surface area contributed by atoms with Gasteiger partial charge in [-0.2, -0.15) is 0 Å². The first-order valence-electron chi connectivity index (χ1n) is 9.98. The largest absolute Gasteiger partial charge is 0.326 e. The van der Waals surface area contributed by atoms with Crippen molar-refractivity contribution in [1.82, 2.24) is 0 Å². The molecule has 0 saturated heterocycles. The van der Waals surface area contributed by atoms with Gasteiger partial charge in [0.1, 0.15) is 0 Å². The van der Waals surface area contributed by atoms with E-state index in [1.54, 1.807) is 0 Å². The Morgan fingerprint density at radius 3 is 1.41 bits per heavy atom. The van der Waals surface area contributed by atoms with Crippen molar-refractivity contribution in [3.05, 3.63) is 48.3 Å². The summed E-state index contributed by atoms with van der Waals surface area (Å²) in [4.78, 5) is 21.2. The van der Waals surface area contributed by atoms with E-state index in [1.165, 1.54) is 0 Å². The summed E-state index contributed by atoms with van der Waals surface area (Å²) < 4.78 is 77.3. The van der Waals surface area contributed by atoms with Crippen molar-refractivity contribution in [1.29, 1.82) is 0 Å². The van der Waals surface area contributed by atoms with Gasteiger partial charge in [0, 0.05) is 35.0 Å². The molecule has 0 spiro atoms. The van der Waals surface area contributed by atoms with Crippen molar-refractivity contribution in [2.45, 2.75) is 23.6 Å². The number of nitrogens with one attached hydrogen (secondary N) is 2. The maximum atomic E-state index is 13.1. The fourth-order valence-electron chi connectivity index (χ4n) is 1.37. The fraction of sp³-hybridized carbons (Fsp3) is 0.125. The standard InChI is InChI=1S/C16H16N2O3S/c1-11(19)17-13-3-7-15(8-4-13)22(21)16-9-5-14(6-10-16)18-12(2)20/h3-10H,1-2H3,(H,17,19)(H,18,20)/i3D,4D,5D,6D,7D,8D,9D,10D. The van der Waals surface area contributed by atoms with Crippen LogP contribution in [0.1, 0.15) is 24.8 Å². The van der Waals surface area contributed by atoms with Gasteiger partial charge in [0.15, 0.2) is 0 Å². The maximum absolute atomic E-state index is 13.1. The van der Waals surface area contributed by atoms with Gasteiger partial charge in [-0.1, -0.05) is 0 Å². The molecule has 0 bridgehead atoms. The second-order valence-corrected chi connectivity index (χ2v) is 5.39. The molecule has 5 nitrogen and oxygen atoms in total. The first kappa shape index (κ1) is 8.24. The van der Waals surface area contributed by atoms with Gasteiger partial charge in [-0.15, -0.1) is 0 Å². The van der Waals surface area contributed by atoms with Crippen LogP contribution >= 0.6 is 0 Å². The van der Waals surface area contributed by atoms with E-state index in [9.17, 15) is 13.8 Å². The minimum Gasteiger partial charge on any atom is -0.326 e. The number of amides is 2. The van der Waals surface area contributed by atoms with Gasteiger partial charge in [-0.3, -0.25) is 9.59 Å². The highest BCUT2D eigenvalue weighted by Gasteiger charge is 2.08. The monoisotopic (exact) mass is 324 g/mol. The number of carbonyl (C=O) groups excluding carboxylic acids is 2. The molecule has 2 aromatic rings. The minimum absolute atomic E-state index is 0.418. The number of benzene rings is 2. The predicted octanol–water partition coefficient (Wildman–Crippen LogP) is 2.77. The number of anilines is 2. The van der Waals surface area contributed by atoms with Crippen LogP contribution in [0.25, 0.3) is 0 Å². The predicted molar refractivity (Wildman–Crippen MR) is 86.2 cm³/mol. The molecule has 22 heavy (non-hydrogen) atoms. The molecule has 0 radical (unpaired) electrons. The molecule has 2 amide bonds. The van der Waals surface area contributed by atoms with Gasteiger partial charge in [0.2, 0.25) is 11.8 Å². The Labute approximate surface area is 142 Å². The molecular formula is C16H16N2O3S. The molecule has 0 unspecified atom stereocenters. The summed E-state index contributed by atoms with van der Waals surface area (Å²) in [5.41, 5.74) is -0.836. The highest BCUT2D eigenvalue weighted by Crippen LogP contribution is 2.20. The molecule has 0 saturated carbocycles. The molecule has 0 aliphatic carbocycles. The van der Waals surface area contributed by atoms with Crippen LogP contribution in [0.2, 0.25) is 0 Å². The molecular weight excluding hydrogens is 300 g/mol. The van der Waals surface area contributed by atoms with E-state index < -0.39 is 92.1 Å². The Bertz CT molecular complexity index is 979. The SMILES string of the molecule is [2H]c1c([2H])c(S(=O)c2c([2H])c([2H])c(NC(C)=O)c([2H])c2[2H])c([2H])c([2H])c1NC(C)=O. The highest BCUT2D eigenvalue weighted by atomic mass is 32.2. The van der Waals surface area contributed by atoms with Crippen molar-refractivity contribution in [2.24, 2.45) is 0 Å². The fourth-order valence-corrected chi connectivity index (χ4v) is 2.15. The van der Waals surface area contributed by atoms with E-state index in [0.717, 1.165) is 13.8 Å². The number of rotatable bonds is 4. The topological polar surface area (TPSA) is 75.3 Å². The van der Waals surface area contributed by atoms with Gasteiger partial charge in [0.05, 0.1) is 21.8 Å².